The molecule has 0 bridgehead atoms. The molecular weight excluding hydrogens is 424 g/mol. The molecule has 0 N–H and O–H groups in total. The van der Waals surface area contributed by atoms with Crippen LogP contribution in [0.3, 0.4) is 0 Å². The minimum absolute atomic E-state index is 0.479. The summed E-state index contributed by atoms with van der Waals surface area (Å²) in [4.78, 5) is 0. The summed E-state index contributed by atoms with van der Waals surface area (Å²) in [6.07, 6.45) is 27.7. The second-order valence-corrected chi connectivity index (χ2v) is 13.6. The molecule has 2 aliphatic rings. The van der Waals surface area contributed by atoms with Crippen LogP contribution in [-0.4, -0.2) is 12.7 Å². The first-order chi connectivity index (χ1) is 16.9. The third-order valence-electron chi connectivity index (χ3n) is 10.6. The molecule has 0 spiro atoms. The lowest BCUT2D eigenvalue weighted by Crippen LogP contribution is -2.27. The summed E-state index contributed by atoms with van der Waals surface area (Å²) in [5.74, 6) is 6.61. The van der Waals surface area contributed by atoms with Crippen molar-refractivity contribution in [2.75, 3.05) is 6.61 Å². The van der Waals surface area contributed by atoms with Gasteiger partial charge in [0.25, 0.3) is 0 Å². The van der Waals surface area contributed by atoms with Gasteiger partial charge in [-0.05, 0) is 86.9 Å². The molecule has 0 saturated heterocycles. The van der Waals surface area contributed by atoms with Gasteiger partial charge in [-0.15, -0.1) is 0 Å². The van der Waals surface area contributed by atoms with E-state index in [1.807, 2.05) is 0 Å². The van der Waals surface area contributed by atoms with Gasteiger partial charge in [-0.1, -0.05) is 118 Å². The van der Waals surface area contributed by atoms with Gasteiger partial charge in [-0.3, -0.25) is 0 Å². The van der Waals surface area contributed by atoms with Gasteiger partial charge in [-0.25, -0.2) is 0 Å². The van der Waals surface area contributed by atoms with Crippen LogP contribution in [0.4, 0.5) is 0 Å². The molecule has 4 unspecified atom stereocenters. The van der Waals surface area contributed by atoms with Gasteiger partial charge in [0.1, 0.15) is 0 Å². The highest BCUT2D eigenvalue weighted by Crippen LogP contribution is 2.41. The van der Waals surface area contributed by atoms with Crippen molar-refractivity contribution in [1.29, 1.82) is 0 Å². The van der Waals surface area contributed by atoms with E-state index in [-0.39, 0.29) is 0 Å². The van der Waals surface area contributed by atoms with Crippen molar-refractivity contribution >= 4 is 0 Å². The molecule has 35 heavy (non-hydrogen) atoms. The summed E-state index contributed by atoms with van der Waals surface area (Å²) >= 11 is 0. The Morgan fingerprint density at radius 2 is 1.23 bits per heavy atom. The Morgan fingerprint density at radius 1 is 0.657 bits per heavy atom. The Bertz CT molecular complexity index is 493. The Morgan fingerprint density at radius 3 is 1.80 bits per heavy atom. The lowest BCUT2D eigenvalue weighted by molar-refractivity contribution is 0.00425. The Balaban J connectivity index is 1.38. The Labute approximate surface area is 222 Å². The van der Waals surface area contributed by atoms with Crippen molar-refractivity contribution in [3.8, 4) is 0 Å². The van der Waals surface area contributed by atoms with E-state index < -0.39 is 0 Å². The fraction of sp³-hybridized carbons (Fsp3) is 1.00. The first kappa shape index (κ1) is 31.2. The zero-order chi connectivity index (χ0) is 25.5. The van der Waals surface area contributed by atoms with Gasteiger partial charge < -0.3 is 4.74 Å². The maximum atomic E-state index is 6.31. The highest BCUT2D eigenvalue weighted by molar-refractivity contribution is 4.82. The van der Waals surface area contributed by atoms with E-state index in [2.05, 4.69) is 41.5 Å². The molecule has 2 aliphatic carbocycles. The molecule has 0 heterocycles. The van der Waals surface area contributed by atoms with Gasteiger partial charge in [0.05, 0.1) is 6.10 Å². The minimum atomic E-state index is 0.479. The van der Waals surface area contributed by atoms with Crippen LogP contribution in [0.15, 0.2) is 0 Å². The van der Waals surface area contributed by atoms with Crippen LogP contribution in [0.1, 0.15) is 164 Å². The van der Waals surface area contributed by atoms with E-state index in [0.29, 0.717) is 6.10 Å². The average molecular weight is 491 g/mol. The van der Waals surface area contributed by atoms with Crippen molar-refractivity contribution in [2.24, 2.45) is 41.4 Å². The van der Waals surface area contributed by atoms with E-state index in [9.17, 15) is 0 Å². The fourth-order valence-electron chi connectivity index (χ4n) is 7.28. The SMILES string of the molecule is CC[C@@H](C)[C@H](C)CCCCCCCCCCCOC(C)C1CCC(CC(C)C2CCC(C)C2)CC1. The van der Waals surface area contributed by atoms with Crippen LogP contribution in [0.5, 0.6) is 0 Å². The van der Waals surface area contributed by atoms with Crippen LogP contribution < -0.4 is 0 Å². The van der Waals surface area contributed by atoms with Gasteiger partial charge >= 0.3 is 0 Å². The van der Waals surface area contributed by atoms with E-state index in [1.165, 1.54) is 122 Å². The number of hydrogen-bond acceptors (Lipinski definition) is 1. The molecule has 0 radical (unpaired) electrons. The molecule has 1 nitrogen and oxygen atoms in total. The highest BCUT2D eigenvalue weighted by atomic mass is 16.5. The largest absolute Gasteiger partial charge is 0.378 e. The predicted molar refractivity (Wildman–Crippen MR) is 156 cm³/mol. The molecule has 2 fully saturated rings. The number of unbranched alkanes of at least 4 members (excludes halogenated alkanes) is 8. The van der Waals surface area contributed by atoms with Gasteiger partial charge in [0.2, 0.25) is 0 Å². The lowest BCUT2D eigenvalue weighted by atomic mass is 9.74. The lowest BCUT2D eigenvalue weighted by Gasteiger charge is -2.34. The predicted octanol–water partition coefficient (Wildman–Crippen LogP) is 11.2. The zero-order valence-electron chi connectivity index (χ0n) is 25.2. The average Bonchev–Trinajstić information content (AvgIpc) is 3.30. The van der Waals surface area contributed by atoms with Crippen molar-refractivity contribution < 1.29 is 4.74 Å². The van der Waals surface area contributed by atoms with Crippen molar-refractivity contribution in [1.82, 2.24) is 0 Å². The molecule has 0 amide bonds. The molecule has 0 aromatic rings. The van der Waals surface area contributed by atoms with Gasteiger partial charge in [-0.2, -0.15) is 0 Å². The van der Waals surface area contributed by atoms with Crippen LogP contribution in [-0.2, 0) is 4.74 Å². The summed E-state index contributed by atoms with van der Waals surface area (Å²) in [7, 11) is 0. The summed E-state index contributed by atoms with van der Waals surface area (Å²) < 4.78 is 6.31. The second-order valence-electron chi connectivity index (χ2n) is 13.6. The fourth-order valence-corrected chi connectivity index (χ4v) is 7.28. The van der Waals surface area contributed by atoms with E-state index in [4.69, 9.17) is 4.74 Å². The second kappa shape index (κ2) is 18.3. The molecule has 1 heteroatoms. The van der Waals surface area contributed by atoms with Crippen molar-refractivity contribution in [3.05, 3.63) is 0 Å². The van der Waals surface area contributed by atoms with Crippen LogP contribution >= 0.6 is 0 Å². The zero-order valence-corrected chi connectivity index (χ0v) is 25.2. The standard InChI is InChI=1S/C34H66O/c1-7-28(3)29(4)17-15-13-11-9-8-10-12-14-16-24-35-31(6)33-22-19-32(20-23-33)26-30(5)34-21-18-27(2)25-34/h27-34H,7-26H2,1-6H3/t27?,28-,29-,30?,31?,32?,33?,34?/m1/s1. The molecule has 2 rings (SSSR count). The molecule has 0 aliphatic heterocycles. The molecular formula is C34H66O. The first-order valence-corrected chi connectivity index (χ1v) is 16.5. The summed E-state index contributed by atoms with van der Waals surface area (Å²) in [5.41, 5.74) is 0. The van der Waals surface area contributed by atoms with Gasteiger partial charge in [0.15, 0.2) is 0 Å². The van der Waals surface area contributed by atoms with Crippen LogP contribution in [0.25, 0.3) is 0 Å². The maximum absolute atomic E-state index is 6.31. The maximum Gasteiger partial charge on any atom is 0.0575 e. The third kappa shape index (κ3) is 12.8. The number of rotatable bonds is 19. The normalized spacial score (nSPS) is 28.6. The van der Waals surface area contributed by atoms with E-state index >= 15 is 0 Å². The third-order valence-corrected chi connectivity index (χ3v) is 10.6. The smallest absolute Gasteiger partial charge is 0.0575 e. The summed E-state index contributed by atoms with van der Waals surface area (Å²) in [5, 5.41) is 0. The molecule has 2 saturated carbocycles. The number of hydrogen-bond donors (Lipinski definition) is 0. The summed E-state index contributed by atoms with van der Waals surface area (Å²) in [6, 6.07) is 0. The monoisotopic (exact) mass is 491 g/mol. The molecule has 208 valence electrons. The van der Waals surface area contributed by atoms with E-state index in [1.54, 1.807) is 0 Å². The Kier molecular flexibility index (Phi) is 16.3. The Hall–Kier alpha value is -0.0400. The minimum Gasteiger partial charge on any atom is -0.378 e. The van der Waals surface area contributed by atoms with Gasteiger partial charge in [0, 0.05) is 6.61 Å². The van der Waals surface area contributed by atoms with Crippen LogP contribution in [0, 0.1) is 41.4 Å². The quantitative estimate of drug-likeness (QED) is 0.164. The molecule has 0 aromatic carbocycles. The highest BCUT2D eigenvalue weighted by Gasteiger charge is 2.30. The van der Waals surface area contributed by atoms with Crippen LogP contribution in [0.2, 0.25) is 0 Å². The van der Waals surface area contributed by atoms with Crippen molar-refractivity contribution in [2.45, 2.75) is 170 Å². The van der Waals surface area contributed by atoms with E-state index in [0.717, 1.165) is 48.0 Å². The number of ether oxygens (including phenoxy) is 1. The molecule has 6 atom stereocenters. The van der Waals surface area contributed by atoms with Crippen molar-refractivity contribution in [3.63, 3.8) is 0 Å². The molecule has 0 aromatic heterocycles. The summed E-state index contributed by atoms with van der Waals surface area (Å²) in [6.45, 7) is 15.6. The first-order valence-electron chi connectivity index (χ1n) is 16.5. The topological polar surface area (TPSA) is 9.23 Å².